The lowest BCUT2D eigenvalue weighted by molar-refractivity contribution is 0.393. The molecule has 0 aliphatic heterocycles. The van der Waals surface area contributed by atoms with Gasteiger partial charge in [-0.2, -0.15) is 9.57 Å². The Hall–Kier alpha value is -1.17. The number of nitrogens with zero attached hydrogens (tertiary/aromatic N) is 3. The lowest BCUT2D eigenvalue weighted by Crippen LogP contribution is -2.35. The van der Waals surface area contributed by atoms with Crippen molar-refractivity contribution in [1.29, 1.82) is 5.26 Å². The van der Waals surface area contributed by atoms with E-state index in [-0.39, 0.29) is 11.3 Å². The number of anilines is 1. The topological polar surface area (TPSA) is 86.1 Å². The highest BCUT2D eigenvalue weighted by atomic mass is 79.9. The van der Waals surface area contributed by atoms with Gasteiger partial charge in [-0.25, -0.2) is 13.4 Å². The molecule has 1 aromatic heterocycles. The molecule has 0 amide bonds. The summed E-state index contributed by atoms with van der Waals surface area (Å²) in [5.74, 6) is 0.312. The Morgan fingerprint density at radius 1 is 1.60 bits per heavy atom. The first-order chi connectivity index (χ1) is 9.34. The second kappa shape index (κ2) is 7.02. The van der Waals surface area contributed by atoms with Crippen LogP contribution in [0.2, 0.25) is 0 Å². The molecule has 1 aromatic rings. The van der Waals surface area contributed by atoms with Gasteiger partial charge >= 0.3 is 0 Å². The van der Waals surface area contributed by atoms with E-state index in [9.17, 15) is 8.42 Å². The number of nitrogens with one attached hydrogen (secondary N) is 1. The van der Waals surface area contributed by atoms with Crippen molar-refractivity contribution in [3.05, 3.63) is 16.7 Å². The summed E-state index contributed by atoms with van der Waals surface area (Å²) in [6.45, 7) is 4.12. The van der Waals surface area contributed by atoms with Gasteiger partial charge < -0.3 is 5.32 Å². The predicted octanol–water partition coefficient (Wildman–Crippen LogP) is 2.20. The van der Waals surface area contributed by atoms with Crippen LogP contribution in [0, 0.1) is 11.3 Å². The summed E-state index contributed by atoms with van der Waals surface area (Å²) in [4.78, 5) is 4.19. The third kappa shape index (κ3) is 3.69. The summed E-state index contributed by atoms with van der Waals surface area (Å²) in [5, 5.41) is 11.6. The Balaban J connectivity index is 3.27. The second-order valence-electron chi connectivity index (χ2n) is 4.26. The van der Waals surface area contributed by atoms with Crippen LogP contribution in [0.25, 0.3) is 0 Å². The summed E-state index contributed by atoms with van der Waals surface area (Å²) in [6, 6.07) is 3.08. The van der Waals surface area contributed by atoms with E-state index in [0.29, 0.717) is 16.8 Å². The van der Waals surface area contributed by atoms with Crippen LogP contribution < -0.4 is 5.32 Å². The van der Waals surface area contributed by atoms with E-state index in [1.54, 1.807) is 6.92 Å². The largest absolute Gasteiger partial charge is 0.369 e. The lowest BCUT2D eigenvalue weighted by atomic mass is 10.3. The van der Waals surface area contributed by atoms with Crippen molar-refractivity contribution in [3.63, 3.8) is 0 Å². The molecule has 6 nitrogen and oxygen atoms in total. The van der Waals surface area contributed by atoms with Gasteiger partial charge in [0.15, 0.2) is 0 Å². The first-order valence-corrected chi connectivity index (χ1v) is 8.32. The monoisotopic (exact) mass is 360 g/mol. The smallest absolute Gasteiger partial charge is 0.246 e. The molecule has 0 bridgehead atoms. The van der Waals surface area contributed by atoms with Crippen LogP contribution in [0.5, 0.6) is 0 Å². The van der Waals surface area contributed by atoms with Gasteiger partial charge in [-0.1, -0.05) is 0 Å². The number of sulfonamides is 1. The molecule has 0 aliphatic carbocycles. The minimum Gasteiger partial charge on any atom is -0.369 e. The normalized spacial score (nSPS) is 13.0. The molecule has 20 heavy (non-hydrogen) atoms. The van der Waals surface area contributed by atoms with Gasteiger partial charge in [-0.05, 0) is 35.8 Å². The number of aromatic nitrogens is 1. The van der Waals surface area contributed by atoms with Gasteiger partial charge in [0, 0.05) is 30.3 Å². The number of halogens is 1. The highest BCUT2D eigenvalue weighted by molar-refractivity contribution is 9.10. The molecular formula is C12H17BrN4O2S. The fourth-order valence-electron chi connectivity index (χ4n) is 1.57. The molecule has 0 spiro atoms. The Bertz CT molecular complexity index is 612. The summed E-state index contributed by atoms with van der Waals surface area (Å²) >= 11 is 3.23. The average Bonchev–Trinajstić information content (AvgIpc) is 2.40. The van der Waals surface area contributed by atoms with Crippen molar-refractivity contribution in [2.45, 2.75) is 31.2 Å². The molecule has 1 heterocycles. The number of hydrogen-bond acceptors (Lipinski definition) is 5. The average molecular weight is 361 g/mol. The van der Waals surface area contributed by atoms with E-state index < -0.39 is 16.1 Å². The van der Waals surface area contributed by atoms with Gasteiger partial charge in [0.25, 0.3) is 0 Å². The predicted molar refractivity (Wildman–Crippen MR) is 80.7 cm³/mol. The molecule has 1 unspecified atom stereocenters. The molecule has 0 radical (unpaired) electrons. The minimum atomic E-state index is -3.71. The summed E-state index contributed by atoms with van der Waals surface area (Å²) in [6.07, 6.45) is 1.67. The first kappa shape index (κ1) is 16.9. The van der Waals surface area contributed by atoms with Crippen molar-refractivity contribution < 1.29 is 8.42 Å². The fraction of sp³-hybridized carbons (Fsp3) is 0.500. The zero-order chi connectivity index (χ0) is 15.3. The van der Waals surface area contributed by atoms with Crippen LogP contribution in [-0.4, -0.2) is 37.3 Å². The summed E-state index contributed by atoms with van der Waals surface area (Å²) < 4.78 is 27.0. The number of pyridine rings is 1. The number of rotatable bonds is 6. The van der Waals surface area contributed by atoms with Gasteiger partial charge in [0.1, 0.15) is 10.7 Å². The maximum atomic E-state index is 12.6. The van der Waals surface area contributed by atoms with Crippen LogP contribution in [0.15, 0.2) is 21.6 Å². The van der Waals surface area contributed by atoms with Crippen molar-refractivity contribution >= 4 is 31.8 Å². The zero-order valence-electron chi connectivity index (χ0n) is 11.6. The highest BCUT2D eigenvalue weighted by Crippen LogP contribution is 2.26. The molecule has 1 atom stereocenters. The van der Waals surface area contributed by atoms with E-state index in [4.69, 9.17) is 5.26 Å². The van der Waals surface area contributed by atoms with Gasteiger partial charge in [0.2, 0.25) is 10.0 Å². The standard InChI is InChI=1S/C12H17BrN4O2S/c1-4-15-12-11(7-10(13)8-16-12)20(18,19)17(3)9(2)5-6-14/h7-9H,4-5H2,1-3H3,(H,15,16). The van der Waals surface area contributed by atoms with Gasteiger partial charge in [0.05, 0.1) is 12.5 Å². The van der Waals surface area contributed by atoms with E-state index in [2.05, 4.69) is 26.2 Å². The van der Waals surface area contributed by atoms with Crippen molar-refractivity contribution in [2.75, 3.05) is 18.9 Å². The summed E-state index contributed by atoms with van der Waals surface area (Å²) in [7, 11) is -2.24. The molecule has 0 saturated carbocycles. The molecule has 0 fully saturated rings. The molecule has 0 saturated heterocycles. The molecule has 1 N–H and O–H groups in total. The van der Waals surface area contributed by atoms with E-state index in [1.165, 1.54) is 23.6 Å². The third-order valence-corrected chi connectivity index (χ3v) is 5.25. The van der Waals surface area contributed by atoms with E-state index >= 15 is 0 Å². The van der Waals surface area contributed by atoms with Crippen molar-refractivity contribution in [2.24, 2.45) is 0 Å². The van der Waals surface area contributed by atoms with Crippen LogP contribution in [0.4, 0.5) is 5.82 Å². The van der Waals surface area contributed by atoms with Crippen molar-refractivity contribution in [3.8, 4) is 6.07 Å². The van der Waals surface area contributed by atoms with Crippen LogP contribution >= 0.6 is 15.9 Å². The highest BCUT2D eigenvalue weighted by Gasteiger charge is 2.28. The maximum absolute atomic E-state index is 12.6. The molecule has 1 rings (SSSR count). The Morgan fingerprint density at radius 2 is 2.25 bits per heavy atom. The number of hydrogen-bond donors (Lipinski definition) is 1. The van der Waals surface area contributed by atoms with Crippen LogP contribution in [-0.2, 0) is 10.0 Å². The lowest BCUT2D eigenvalue weighted by Gasteiger charge is -2.23. The van der Waals surface area contributed by atoms with Crippen molar-refractivity contribution in [1.82, 2.24) is 9.29 Å². The first-order valence-electron chi connectivity index (χ1n) is 6.09. The third-order valence-electron chi connectivity index (χ3n) is 2.83. The summed E-state index contributed by atoms with van der Waals surface area (Å²) in [5.41, 5.74) is 0. The second-order valence-corrected chi connectivity index (χ2v) is 7.14. The number of nitriles is 1. The van der Waals surface area contributed by atoms with E-state index in [0.717, 1.165) is 0 Å². The molecule has 8 heteroatoms. The Morgan fingerprint density at radius 3 is 2.80 bits per heavy atom. The molecular weight excluding hydrogens is 344 g/mol. The molecule has 0 aromatic carbocycles. The SMILES string of the molecule is CCNc1ncc(Br)cc1S(=O)(=O)N(C)C(C)CC#N. The van der Waals surface area contributed by atoms with Crippen LogP contribution in [0.3, 0.4) is 0 Å². The van der Waals surface area contributed by atoms with Crippen LogP contribution in [0.1, 0.15) is 20.3 Å². The minimum absolute atomic E-state index is 0.0982. The van der Waals surface area contributed by atoms with Gasteiger partial charge in [-0.3, -0.25) is 0 Å². The fourth-order valence-corrected chi connectivity index (χ4v) is 3.56. The van der Waals surface area contributed by atoms with E-state index in [1.807, 2.05) is 13.0 Å². The zero-order valence-corrected chi connectivity index (χ0v) is 14.0. The molecule has 110 valence electrons. The Labute approximate surface area is 128 Å². The van der Waals surface area contributed by atoms with Gasteiger partial charge in [-0.15, -0.1) is 0 Å². The maximum Gasteiger partial charge on any atom is 0.246 e. The quantitative estimate of drug-likeness (QED) is 0.840. The Kier molecular flexibility index (Phi) is 5.92. The molecule has 0 aliphatic rings.